The molecule has 0 atom stereocenters. The van der Waals surface area contributed by atoms with Crippen molar-refractivity contribution in [1.82, 2.24) is 10.3 Å². The Morgan fingerprint density at radius 3 is 2.75 bits per heavy atom. The molecule has 0 spiro atoms. The Bertz CT molecular complexity index is 372. The molecule has 0 unspecified atom stereocenters. The smallest absolute Gasteiger partial charge is 0.220 e. The standard InChI is InChI=1S/C13H20N2O/c1-5-6-12(16)15-13(3,4)11-7-8-14-10(2)9-11/h7-9H,5-6H2,1-4H3,(H,15,16). The molecular formula is C13H20N2O. The van der Waals surface area contributed by atoms with E-state index in [0.717, 1.165) is 17.7 Å². The molecule has 0 bridgehead atoms. The van der Waals surface area contributed by atoms with Gasteiger partial charge < -0.3 is 5.32 Å². The lowest BCUT2D eigenvalue weighted by atomic mass is 9.94. The fourth-order valence-corrected chi connectivity index (χ4v) is 1.64. The van der Waals surface area contributed by atoms with E-state index in [0.29, 0.717) is 6.42 Å². The second kappa shape index (κ2) is 5.10. The van der Waals surface area contributed by atoms with Gasteiger partial charge in [0.1, 0.15) is 0 Å². The molecule has 0 aliphatic heterocycles. The van der Waals surface area contributed by atoms with Gasteiger partial charge in [0.2, 0.25) is 5.91 Å². The highest BCUT2D eigenvalue weighted by atomic mass is 16.1. The molecule has 0 aliphatic rings. The molecule has 0 fully saturated rings. The first-order valence-electron chi connectivity index (χ1n) is 5.70. The molecule has 1 aromatic rings. The van der Waals surface area contributed by atoms with Crippen molar-refractivity contribution in [3.8, 4) is 0 Å². The van der Waals surface area contributed by atoms with E-state index in [1.165, 1.54) is 0 Å². The first-order chi connectivity index (χ1) is 7.45. The van der Waals surface area contributed by atoms with Gasteiger partial charge >= 0.3 is 0 Å². The molecule has 0 aliphatic carbocycles. The first kappa shape index (κ1) is 12.7. The number of carbonyl (C=O) groups is 1. The number of rotatable bonds is 4. The summed E-state index contributed by atoms with van der Waals surface area (Å²) in [6.07, 6.45) is 3.23. The van der Waals surface area contributed by atoms with E-state index in [4.69, 9.17) is 0 Å². The molecule has 0 saturated carbocycles. The molecule has 1 rings (SSSR count). The Morgan fingerprint density at radius 1 is 1.50 bits per heavy atom. The predicted octanol–water partition coefficient (Wildman–Crippen LogP) is 2.54. The van der Waals surface area contributed by atoms with Crippen LogP contribution in [0.1, 0.15) is 44.9 Å². The van der Waals surface area contributed by atoms with E-state index in [9.17, 15) is 4.79 Å². The fraction of sp³-hybridized carbons (Fsp3) is 0.538. The van der Waals surface area contributed by atoms with Gasteiger partial charge in [0, 0.05) is 18.3 Å². The van der Waals surface area contributed by atoms with Crippen LogP contribution >= 0.6 is 0 Å². The summed E-state index contributed by atoms with van der Waals surface area (Å²) in [6, 6.07) is 3.95. The van der Waals surface area contributed by atoms with Gasteiger partial charge in [0.25, 0.3) is 0 Å². The normalized spacial score (nSPS) is 11.2. The van der Waals surface area contributed by atoms with Crippen LogP contribution in [0.25, 0.3) is 0 Å². The van der Waals surface area contributed by atoms with E-state index < -0.39 is 0 Å². The van der Waals surface area contributed by atoms with Gasteiger partial charge in [0.05, 0.1) is 5.54 Å². The molecular weight excluding hydrogens is 200 g/mol. The van der Waals surface area contributed by atoms with E-state index in [2.05, 4.69) is 10.3 Å². The zero-order valence-electron chi connectivity index (χ0n) is 10.5. The van der Waals surface area contributed by atoms with Crippen molar-refractivity contribution in [1.29, 1.82) is 0 Å². The van der Waals surface area contributed by atoms with Gasteiger partial charge in [-0.1, -0.05) is 6.92 Å². The van der Waals surface area contributed by atoms with Crippen molar-refractivity contribution < 1.29 is 4.79 Å². The second-order valence-electron chi connectivity index (χ2n) is 4.61. The maximum atomic E-state index is 11.6. The van der Waals surface area contributed by atoms with Crippen molar-refractivity contribution >= 4 is 5.91 Å². The van der Waals surface area contributed by atoms with E-state index >= 15 is 0 Å². The molecule has 3 nitrogen and oxygen atoms in total. The van der Waals surface area contributed by atoms with Gasteiger partial charge in [-0.3, -0.25) is 9.78 Å². The molecule has 1 amide bonds. The maximum absolute atomic E-state index is 11.6. The minimum atomic E-state index is -0.333. The van der Waals surface area contributed by atoms with Gasteiger partial charge in [-0.15, -0.1) is 0 Å². The molecule has 0 aromatic carbocycles. The molecule has 0 saturated heterocycles. The Morgan fingerprint density at radius 2 is 2.19 bits per heavy atom. The number of aryl methyl sites for hydroxylation is 1. The average molecular weight is 220 g/mol. The first-order valence-corrected chi connectivity index (χ1v) is 5.70. The number of amides is 1. The van der Waals surface area contributed by atoms with Gasteiger partial charge in [-0.25, -0.2) is 0 Å². The highest BCUT2D eigenvalue weighted by molar-refractivity contribution is 5.76. The predicted molar refractivity (Wildman–Crippen MR) is 65.1 cm³/mol. The van der Waals surface area contributed by atoms with Crippen LogP contribution < -0.4 is 5.32 Å². The van der Waals surface area contributed by atoms with Gasteiger partial charge in [-0.05, 0) is 44.9 Å². The fourth-order valence-electron chi connectivity index (χ4n) is 1.64. The average Bonchev–Trinajstić information content (AvgIpc) is 2.17. The monoisotopic (exact) mass is 220 g/mol. The minimum Gasteiger partial charge on any atom is -0.347 e. The van der Waals surface area contributed by atoms with Crippen molar-refractivity contribution in [2.45, 2.75) is 46.1 Å². The summed E-state index contributed by atoms with van der Waals surface area (Å²) in [5.41, 5.74) is 1.72. The van der Waals surface area contributed by atoms with Crippen molar-refractivity contribution in [3.63, 3.8) is 0 Å². The number of aromatic nitrogens is 1. The lowest BCUT2D eigenvalue weighted by molar-refractivity contribution is -0.122. The van der Waals surface area contributed by atoms with Crippen LogP contribution in [-0.4, -0.2) is 10.9 Å². The third-order valence-corrected chi connectivity index (χ3v) is 2.55. The lowest BCUT2D eigenvalue weighted by Crippen LogP contribution is -2.40. The Balaban J connectivity index is 2.81. The summed E-state index contributed by atoms with van der Waals surface area (Å²) in [5, 5.41) is 3.03. The van der Waals surface area contributed by atoms with Crippen LogP contribution in [0.2, 0.25) is 0 Å². The highest BCUT2D eigenvalue weighted by Crippen LogP contribution is 2.20. The van der Waals surface area contributed by atoms with Crippen molar-refractivity contribution in [3.05, 3.63) is 29.6 Å². The maximum Gasteiger partial charge on any atom is 0.220 e. The quantitative estimate of drug-likeness (QED) is 0.847. The number of nitrogens with zero attached hydrogens (tertiary/aromatic N) is 1. The summed E-state index contributed by atoms with van der Waals surface area (Å²) in [5.74, 6) is 0.0990. The second-order valence-corrected chi connectivity index (χ2v) is 4.61. The summed E-state index contributed by atoms with van der Waals surface area (Å²) >= 11 is 0. The van der Waals surface area contributed by atoms with Gasteiger partial charge in [0.15, 0.2) is 0 Å². The van der Waals surface area contributed by atoms with Crippen LogP contribution in [0.4, 0.5) is 0 Å². The van der Waals surface area contributed by atoms with E-state index in [-0.39, 0.29) is 11.4 Å². The zero-order valence-corrected chi connectivity index (χ0v) is 10.5. The van der Waals surface area contributed by atoms with Crippen molar-refractivity contribution in [2.24, 2.45) is 0 Å². The largest absolute Gasteiger partial charge is 0.347 e. The summed E-state index contributed by atoms with van der Waals surface area (Å²) in [6.45, 7) is 7.97. The molecule has 88 valence electrons. The number of nitrogens with one attached hydrogen (secondary N) is 1. The van der Waals surface area contributed by atoms with E-state index in [1.807, 2.05) is 39.8 Å². The summed E-state index contributed by atoms with van der Waals surface area (Å²) in [4.78, 5) is 15.7. The number of hydrogen-bond donors (Lipinski definition) is 1. The third kappa shape index (κ3) is 3.33. The minimum absolute atomic E-state index is 0.0990. The van der Waals surface area contributed by atoms with Crippen LogP contribution in [0.15, 0.2) is 18.3 Å². The van der Waals surface area contributed by atoms with Crippen LogP contribution in [0.3, 0.4) is 0 Å². The lowest BCUT2D eigenvalue weighted by Gasteiger charge is -2.27. The van der Waals surface area contributed by atoms with Crippen molar-refractivity contribution in [2.75, 3.05) is 0 Å². The number of pyridine rings is 1. The van der Waals surface area contributed by atoms with Crippen LogP contribution in [-0.2, 0) is 10.3 Å². The molecule has 1 aromatic heterocycles. The molecule has 3 heteroatoms. The highest BCUT2D eigenvalue weighted by Gasteiger charge is 2.22. The third-order valence-electron chi connectivity index (χ3n) is 2.55. The number of carbonyl (C=O) groups excluding carboxylic acids is 1. The van der Waals surface area contributed by atoms with Gasteiger partial charge in [-0.2, -0.15) is 0 Å². The Kier molecular flexibility index (Phi) is 4.05. The Labute approximate surface area is 97.3 Å². The Hall–Kier alpha value is -1.38. The summed E-state index contributed by atoms with van der Waals surface area (Å²) < 4.78 is 0. The van der Waals surface area contributed by atoms with Crippen LogP contribution in [0, 0.1) is 6.92 Å². The van der Waals surface area contributed by atoms with E-state index in [1.54, 1.807) is 6.20 Å². The molecule has 0 radical (unpaired) electrons. The SMILES string of the molecule is CCCC(=O)NC(C)(C)c1ccnc(C)c1. The molecule has 16 heavy (non-hydrogen) atoms. The molecule has 1 heterocycles. The number of hydrogen-bond acceptors (Lipinski definition) is 2. The summed E-state index contributed by atoms with van der Waals surface area (Å²) in [7, 11) is 0. The molecule has 1 N–H and O–H groups in total. The zero-order chi connectivity index (χ0) is 12.2. The van der Waals surface area contributed by atoms with Crippen LogP contribution in [0.5, 0.6) is 0 Å². The topological polar surface area (TPSA) is 42.0 Å².